The highest BCUT2D eigenvalue weighted by Crippen LogP contribution is 2.31. The summed E-state index contributed by atoms with van der Waals surface area (Å²) in [7, 11) is 0. The molecule has 170 valence electrons. The van der Waals surface area contributed by atoms with Gasteiger partial charge in [-0.1, -0.05) is 66.4 Å². The van der Waals surface area contributed by atoms with Gasteiger partial charge in [0.15, 0.2) is 11.0 Å². The summed E-state index contributed by atoms with van der Waals surface area (Å²) in [5.74, 6) is 1.59. The zero-order valence-corrected chi connectivity index (χ0v) is 20.1. The molecule has 0 aliphatic rings. The number of furan rings is 1. The summed E-state index contributed by atoms with van der Waals surface area (Å²) in [5, 5.41) is 14.7. The number of benzene rings is 2. The van der Waals surface area contributed by atoms with E-state index in [1.807, 2.05) is 95.7 Å². The van der Waals surface area contributed by atoms with Crippen molar-refractivity contribution < 1.29 is 9.21 Å². The zero-order chi connectivity index (χ0) is 23.3. The Kier molecular flexibility index (Phi) is 6.60. The van der Waals surface area contributed by atoms with Crippen molar-refractivity contribution in [2.75, 3.05) is 5.75 Å². The summed E-state index contributed by atoms with van der Waals surface area (Å²) in [6, 6.07) is 25.6. The van der Waals surface area contributed by atoms with Gasteiger partial charge in [-0.05, 0) is 42.1 Å². The van der Waals surface area contributed by atoms with Gasteiger partial charge < -0.3 is 9.73 Å². The Labute approximate surface area is 205 Å². The molecule has 0 radical (unpaired) electrons. The van der Waals surface area contributed by atoms with Crippen LogP contribution >= 0.6 is 23.1 Å². The predicted molar refractivity (Wildman–Crippen MR) is 135 cm³/mol. The number of carbonyl (C=O) groups is 1. The third-order valence-corrected chi connectivity index (χ3v) is 7.21. The topological polar surface area (TPSA) is 72.9 Å². The number of nitrogens with zero attached hydrogens (tertiary/aromatic N) is 3. The molecule has 5 rings (SSSR count). The van der Waals surface area contributed by atoms with E-state index >= 15 is 0 Å². The van der Waals surface area contributed by atoms with Gasteiger partial charge in [-0.3, -0.25) is 9.36 Å². The van der Waals surface area contributed by atoms with E-state index in [1.54, 1.807) is 17.6 Å². The molecule has 2 aromatic carbocycles. The van der Waals surface area contributed by atoms with E-state index in [-0.39, 0.29) is 17.7 Å². The highest BCUT2D eigenvalue weighted by Gasteiger charge is 2.21. The fourth-order valence-electron chi connectivity index (χ4n) is 3.72. The highest BCUT2D eigenvalue weighted by atomic mass is 32.2. The predicted octanol–water partition coefficient (Wildman–Crippen LogP) is 5.90. The van der Waals surface area contributed by atoms with Crippen molar-refractivity contribution in [2.45, 2.75) is 18.1 Å². The molecule has 0 saturated carbocycles. The van der Waals surface area contributed by atoms with Crippen LogP contribution in [0.3, 0.4) is 0 Å². The molecule has 1 atom stereocenters. The quantitative estimate of drug-likeness (QED) is 0.277. The SMILES string of the molecule is Cc1occc1-c1nnc(SCC(=O)N[C@@H](c2ccccc2)c2cccs2)n1-c1ccccc1. The summed E-state index contributed by atoms with van der Waals surface area (Å²) in [4.78, 5) is 14.1. The summed E-state index contributed by atoms with van der Waals surface area (Å²) in [6.45, 7) is 1.90. The third-order valence-electron chi connectivity index (χ3n) is 5.35. The molecular formula is C26H22N4O2S2. The lowest BCUT2D eigenvalue weighted by Gasteiger charge is -2.18. The van der Waals surface area contributed by atoms with Crippen LogP contribution in [0.5, 0.6) is 0 Å². The molecule has 0 fully saturated rings. The summed E-state index contributed by atoms with van der Waals surface area (Å²) < 4.78 is 7.45. The molecule has 34 heavy (non-hydrogen) atoms. The van der Waals surface area contributed by atoms with Crippen LogP contribution in [-0.4, -0.2) is 26.4 Å². The highest BCUT2D eigenvalue weighted by molar-refractivity contribution is 7.99. The molecular weight excluding hydrogens is 464 g/mol. The van der Waals surface area contributed by atoms with Crippen LogP contribution in [0, 0.1) is 6.92 Å². The Bertz CT molecular complexity index is 1360. The zero-order valence-electron chi connectivity index (χ0n) is 18.4. The average molecular weight is 487 g/mol. The normalized spacial score (nSPS) is 11.9. The van der Waals surface area contributed by atoms with Crippen molar-refractivity contribution in [1.29, 1.82) is 0 Å². The monoisotopic (exact) mass is 486 g/mol. The molecule has 3 aromatic heterocycles. The Morgan fingerprint density at radius 2 is 1.79 bits per heavy atom. The van der Waals surface area contributed by atoms with Crippen molar-refractivity contribution in [2.24, 2.45) is 0 Å². The number of hydrogen-bond donors (Lipinski definition) is 1. The van der Waals surface area contributed by atoms with Gasteiger partial charge in [0.2, 0.25) is 5.91 Å². The van der Waals surface area contributed by atoms with Gasteiger partial charge in [-0.15, -0.1) is 21.5 Å². The third kappa shape index (κ3) is 4.69. The van der Waals surface area contributed by atoms with Crippen LogP contribution in [0.2, 0.25) is 0 Å². The molecule has 0 aliphatic heterocycles. The van der Waals surface area contributed by atoms with Crippen LogP contribution in [-0.2, 0) is 4.79 Å². The Hall–Kier alpha value is -3.62. The second-order valence-electron chi connectivity index (χ2n) is 7.58. The van der Waals surface area contributed by atoms with Crippen LogP contribution in [0.25, 0.3) is 17.1 Å². The average Bonchev–Trinajstić information content (AvgIpc) is 3.63. The number of aryl methyl sites for hydroxylation is 1. The molecule has 3 heterocycles. The first-order chi connectivity index (χ1) is 16.7. The largest absolute Gasteiger partial charge is 0.469 e. The van der Waals surface area contributed by atoms with Crippen molar-refractivity contribution in [3.63, 3.8) is 0 Å². The van der Waals surface area contributed by atoms with Gasteiger partial charge in [-0.25, -0.2) is 0 Å². The first-order valence-electron chi connectivity index (χ1n) is 10.8. The number of thioether (sulfide) groups is 1. The minimum absolute atomic E-state index is 0.0732. The number of carbonyl (C=O) groups excluding carboxylic acids is 1. The number of rotatable bonds is 8. The first kappa shape index (κ1) is 22.2. The molecule has 6 nitrogen and oxygen atoms in total. The number of thiophene rings is 1. The van der Waals surface area contributed by atoms with Gasteiger partial charge >= 0.3 is 0 Å². The van der Waals surface area contributed by atoms with Gasteiger partial charge in [0.05, 0.1) is 23.6 Å². The molecule has 5 aromatic rings. The maximum Gasteiger partial charge on any atom is 0.231 e. The fourth-order valence-corrected chi connectivity index (χ4v) is 5.28. The number of para-hydroxylation sites is 1. The summed E-state index contributed by atoms with van der Waals surface area (Å²) in [5.41, 5.74) is 2.84. The fraction of sp³-hybridized carbons (Fsp3) is 0.115. The second-order valence-corrected chi connectivity index (χ2v) is 9.50. The maximum absolute atomic E-state index is 13.0. The molecule has 1 amide bonds. The van der Waals surface area contributed by atoms with Crippen molar-refractivity contribution in [3.05, 3.63) is 107 Å². The molecule has 0 saturated heterocycles. The minimum atomic E-state index is -0.189. The van der Waals surface area contributed by atoms with E-state index in [0.29, 0.717) is 11.0 Å². The van der Waals surface area contributed by atoms with E-state index in [0.717, 1.165) is 27.5 Å². The molecule has 8 heteroatoms. The smallest absolute Gasteiger partial charge is 0.231 e. The Morgan fingerprint density at radius 3 is 2.47 bits per heavy atom. The van der Waals surface area contributed by atoms with Gasteiger partial charge in [0.1, 0.15) is 5.76 Å². The van der Waals surface area contributed by atoms with E-state index in [9.17, 15) is 4.79 Å². The van der Waals surface area contributed by atoms with Gasteiger partial charge in [0.25, 0.3) is 0 Å². The maximum atomic E-state index is 13.0. The minimum Gasteiger partial charge on any atom is -0.469 e. The van der Waals surface area contributed by atoms with E-state index < -0.39 is 0 Å². The number of nitrogens with one attached hydrogen (secondary N) is 1. The standard InChI is InChI=1S/C26H22N4O2S2/c1-18-21(14-15-32-18)25-28-29-26(30(25)20-11-6-3-7-12-20)34-17-23(31)27-24(22-13-8-16-33-22)19-9-4-2-5-10-19/h2-16,24H,17H2,1H3,(H,27,31)/t24-/m0/s1. The second kappa shape index (κ2) is 10.1. The molecule has 0 bridgehead atoms. The lowest BCUT2D eigenvalue weighted by molar-refractivity contribution is -0.119. The number of amides is 1. The molecule has 0 aliphatic carbocycles. The van der Waals surface area contributed by atoms with Crippen LogP contribution in [0.1, 0.15) is 22.2 Å². The van der Waals surface area contributed by atoms with Crippen LogP contribution in [0.15, 0.2) is 100 Å². The van der Waals surface area contributed by atoms with Crippen molar-refractivity contribution in [1.82, 2.24) is 20.1 Å². The molecule has 0 unspecified atom stereocenters. The van der Waals surface area contributed by atoms with Gasteiger partial charge in [-0.2, -0.15) is 0 Å². The Morgan fingerprint density at radius 1 is 1.03 bits per heavy atom. The van der Waals surface area contributed by atoms with E-state index in [1.165, 1.54) is 11.8 Å². The summed E-state index contributed by atoms with van der Waals surface area (Å²) in [6.07, 6.45) is 1.64. The number of aromatic nitrogens is 3. The first-order valence-corrected chi connectivity index (χ1v) is 12.6. The van der Waals surface area contributed by atoms with E-state index in [4.69, 9.17) is 4.42 Å². The lowest BCUT2D eigenvalue weighted by Crippen LogP contribution is -2.30. The molecule has 0 spiro atoms. The Balaban J connectivity index is 1.38. The van der Waals surface area contributed by atoms with Crippen LogP contribution < -0.4 is 5.32 Å². The summed E-state index contributed by atoms with van der Waals surface area (Å²) >= 11 is 2.99. The number of hydrogen-bond acceptors (Lipinski definition) is 6. The van der Waals surface area contributed by atoms with Gasteiger partial charge in [0, 0.05) is 10.6 Å². The van der Waals surface area contributed by atoms with E-state index in [2.05, 4.69) is 15.5 Å². The van der Waals surface area contributed by atoms with Crippen molar-refractivity contribution >= 4 is 29.0 Å². The lowest BCUT2D eigenvalue weighted by atomic mass is 10.1. The molecule has 1 N–H and O–H groups in total. The van der Waals surface area contributed by atoms with Crippen molar-refractivity contribution in [3.8, 4) is 17.1 Å². The van der Waals surface area contributed by atoms with Crippen LogP contribution in [0.4, 0.5) is 0 Å².